The van der Waals surface area contributed by atoms with E-state index in [1.807, 2.05) is 6.07 Å². The molecule has 1 saturated heterocycles. The van der Waals surface area contributed by atoms with Crippen LogP contribution in [0.1, 0.15) is 18.9 Å². The van der Waals surface area contributed by atoms with Gasteiger partial charge in [-0.3, -0.25) is 0 Å². The van der Waals surface area contributed by atoms with Crippen LogP contribution in [0.25, 0.3) is 0 Å². The molecule has 84 valence electrons. The maximum atomic E-state index is 8.84. The van der Waals surface area contributed by atoms with E-state index < -0.39 is 0 Å². The average molecular weight is 234 g/mol. The van der Waals surface area contributed by atoms with Gasteiger partial charge in [0, 0.05) is 22.4 Å². The lowest BCUT2D eigenvalue weighted by Crippen LogP contribution is -2.13. The molecule has 3 nitrogen and oxygen atoms in total. The SMILES string of the molecule is CC1OCCC1Sc1cc(C#N)ccc1N. The van der Waals surface area contributed by atoms with E-state index in [9.17, 15) is 0 Å². The zero-order valence-electron chi connectivity index (χ0n) is 9.14. The molecule has 0 saturated carbocycles. The fourth-order valence-electron chi connectivity index (χ4n) is 1.74. The standard InChI is InChI=1S/C12H14N2OS/c1-8-11(4-5-15-8)16-12-6-9(7-13)2-3-10(12)14/h2-3,6,8,11H,4-5,14H2,1H3. The first kappa shape index (κ1) is 11.3. The van der Waals surface area contributed by atoms with E-state index in [-0.39, 0.29) is 6.10 Å². The Morgan fingerprint density at radius 2 is 2.38 bits per heavy atom. The lowest BCUT2D eigenvalue weighted by molar-refractivity contribution is 0.127. The molecule has 2 N–H and O–H groups in total. The van der Waals surface area contributed by atoms with Gasteiger partial charge in [0.1, 0.15) is 0 Å². The summed E-state index contributed by atoms with van der Waals surface area (Å²) < 4.78 is 5.51. The number of rotatable bonds is 2. The largest absolute Gasteiger partial charge is 0.398 e. The first-order valence-corrected chi connectivity index (χ1v) is 6.16. The zero-order valence-corrected chi connectivity index (χ0v) is 9.96. The number of nitrogens with two attached hydrogens (primary N) is 1. The van der Waals surface area contributed by atoms with Crippen molar-refractivity contribution in [3.63, 3.8) is 0 Å². The Hall–Kier alpha value is -1.18. The lowest BCUT2D eigenvalue weighted by atomic mass is 10.2. The Morgan fingerprint density at radius 1 is 1.56 bits per heavy atom. The maximum absolute atomic E-state index is 8.84. The minimum atomic E-state index is 0.259. The number of hydrogen-bond donors (Lipinski definition) is 1. The maximum Gasteiger partial charge on any atom is 0.0992 e. The summed E-state index contributed by atoms with van der Waals surface area (Å²) >= 11 is 1.71. The molecule has 1 aliphatic rings. The van der Waals surface area contributed by atoms with Crippen LogP contribution in [-0.4, -0.2) is 18.0 Å². The molecule has 16 heavy (non-hydrogen) atoms. The molecule has 4 heteroatoms. The Kier molecular flexibility index (Phi) is 3.37. The van der Waals surface area contributed by atoms with Gasteiger partial charge in [0.2, 0.25) is 0 Å². The van der Waals surface area contributed by atoms with Crippen LogP contribution >= 0.6 is 11.8 Å². The number of nitrogen functional groups attached to an aromatic ring is 1. The third-order valence-electron chi connectivity index (χ3n) is 2.73. The van der Waals surface area contributed by atoms with E-state index in [1.54, 1.807) is 23.9 Å². The Bertz CT molecular complexity index is 428. The van der Waals surface area contributed by atoms with Crippen LogP contribution in [0.15, 0.2) is 23.1 Å². The normalized spacial score (nSPS) is 24.2. The lowest BCUT2D eigenvalue weighted by Gasteiger charge is -2.14. The monoisotopic (exact) mass is 234 g/mol. The summed E-state index contributed by atoms with van der Waals surface area (Å²) in [5.41, 5.74) is 7.29. The predicted molar refractivity (Wildman–Crippen MR) is 65.2 cm³/mol. The molecule has 0 spiro atoms. The van der Waals surface area contributed by atoms with Crippen molar-refractivity contribution < 1.29 is 4.74 Å². The smallest absolute Gasteiger partial charge is 0.0992 e. The Morgan fingerprint density at radius 3 is 3.00 bits per heavy atom. The third kappa shape index (κ3) is 2.31. The summed E-state index contributed by atoms with van der Waals surface area (Å²) in [7, 11) is 0. The number of ether oxygens (including phenoxy) is 1. The number of hydrogen-bond acceptors (Lipinski definition) is 4. The molecular formula is C12H14N2OS. The third-order valence-corrected chi connectivity index (χ3v) is 4.26. The van der Waals surface area contributed by atoms with Gasteiger partial charge >= 0.3 is 0 Å². The molecule has 2 rings (SSSR count). The van der Waals surface area contributed by atoms with Crippen LogP contribution in [0.4, 0.5) is 5.69 Å². The van der Waals surface area contributed by atoms with Gasteiger partial charge in [0.15, 0.2) is 0 Å². The van der Waals surface area contributed by atoms with Crippen LogP contribution < -0.4 is 5.73 Å². The summed E-state index contributed by atoms with van der Waals surface area (Å²) in [5.74, 6) is 0. The second-order valence-electron chi connectivity index (χ2n) is 3.89. The summed E-state index contributed by atoms with van der Waals surface area (Å²) in [4.78, 5) is 0.987. The van der Waals surface area contributed by atoms with E-state index in [4.69, 9.17) is 15.7 Å². The van der Waals surface area contributed by atoms with Crippen molar-refractivity contribution in [3.8, 4) is 6.07 Å². The van der Waals surface area contributed by atoms with Gasteiger partial charge in [0.25, 0.3) is 0 Å². The fourth-order valence-corrected chi connectivity index (χ4v) is 2.95. The van der Waals surface area contributed by atoms with E-state index >= 15 is 0 Å². The molecule has 1 fully saturated rings. The minimum Gasteiger partial charge on any atom is -0.398 e. The second kappa shape index (κ2) is 4.77. The number of anilines is 1. The molecule has 0 amide bonds. The molecule has 0 aromatic heterocycles. The van der Waals surface area contributed by atoms with Crippen molar-refractivity contribution in [1.29, 1.82) is 5.26 Å². The van der Waals surface area contributed by atoms with Crippen molar-refractivity contribution >= 4 is 17.4 Å². The number of nitrogens with zero attached hydrogens (tertiary/aromatic N) is 1. The average Bonchev–Trinajstić information content (AvgIpc) is 2.68. The topological polar surface area (TPSA) is 59.0 Å². The molecule has 1 aromatic carbocycles. The Labute approximate surface area is 99.6 Å². The van der Waals surface area contributed by atoms with Crippen molar-refractivity contribution in [3.05, 3.63) is 23.8 Å². The molecule has 1 aromatic rings. The second-order valence-corrected chi connectivity index (χ2v) is 5.17. The highest BCUT2D eigenvalue weighted by atomic mass is 32.2. The van der Waals surface area contributed by atoms with Gasteiger partial charge in [-0.15, -0.1) is 11.8 Å². The van der Waals surface area contributed by atoms with E-state index in [1.165, 1.54) is 0 Å². The summed E-state index contributed by atoms with van der Waals surface area (Å²) in [6.07, 6.45) is 1.30. The van der Waals surface area contributed by atoms with E-state index in [2.05, 4.69) is 13.0 Å². The molecule has 0 bridgehead atoms. The highest BCUT2D eigenvalue weighted by Gasteiger charge is 2.25. The van der Waals surface area contributed by atoms with Crippen molar-refractivity contribution in [2.45, 2.75) is 29.6 Å². The highest BCUT2D eigenvalue weighted by Crippen LogP contribution is 2.35. The minimum absolute atomic E-state index is 0.259. The summed E-state index contributed by atoms with van der Waals surface area (Å²) in [6.45, 7) is 2.89. The quantitative estimate of drug-likeness (QED) is 0.798. The number of benzene rings is 1. The van der Waals surface area contributed by atoms with Crippen LogP contribution in [0, 0.1) is 11.3 Å². The van der Waals surface area contributed by atoms with Crippen LogP contribution in [0.3, 0.4) is 0 Å². The van der Waals surface area contributed by atoms with Gasteiger partial charge < -0.3 is 10.5 Å². The number of thioether (sulfide) groups is 1. The zero-order chi connectivity index (χ0) is 11.5. The summed E-state index contributed by atoms with van der Waals surface area (Å²) in [5, 5.41) is 9.28. The van der Waals surface area contributed by atoms with Gasteiger partial charge in [-0.2, -0.15) is 5.26 Å². The van der Waals surface area contributed by atoms with Gasteiger partial charge in [-0.25, -0.2) is 0 Å². The van der Waals surface area contributed by atoms with Gasteiger partial charge in [-0.1, -0.05) is 0 Å². The van der Waals surface area contributed by atoms with Crippen LogP contribution in [0.5, 0.6) is 0 Å². The van der Waals surface area contributed by atoms with Gasteiger partial charge in [0.05, 0.1) is 17.7 Å². The summed E-state index contributed by atoms with van der Waals surface area (Å²) in [6, 6.07) is 7.52. The molecule has 2 atom stereocenters. The van der Waals surface area contributed by atoms with E-state index in [0.717, 1.165) is 23.6 Å². The van der Waals surface area contributed by atoms with Crippen LogP contribution in [-0.2, 0) is 4.74 Å². The highest BCUT2D eigenvalue weighted by molar-refractivity contribution is 8.00. The molecular weight excluding hydrogens is 220 g/mol. The van der Waals surface area contributed by atoms with Gasteiger partial charge in [-0.05, 0) is 31.5 Å². The number of nitriles is 1. The molecule has 1 heterocycles. The molecule has 0 radical (unpaired) electrons. The molecule has 0 aliphatic carbocycles. The van der Waals surface area contributed by atoms with Crippen molar-refractivity contribution in [1.82, 2.24) is 0 Å². The predicted octanol–water partition coefficient (Wildman–Crippen LogP) is 2.41. The van der Waals surface area contributed by atoms with Crippen molar-refractivity contribution in [2.75, 3.05) is 12.3 Å². The first-order chi connectivity index (χ1) is 7.70. The van der Waals surface area contributed by atoms with Crippen LogP contribution in [0.2, 0.25) is 0 Å². The van der Waals surface area contributed by atoms with Crippen molar-refractivity contribution in [2.24, 2.45) is 0 Å². The fraction of sp³-hybridized carbons (Fsp3) is 0.417. The Balaban J connectivity index is 2.17. The van der Waals surface area contributed by atoms with E-state index in [0.29, 0.717) is 10.8 Å². The molecule has 2 unspecified atom stereocenters. The first-order valence-electron chi connectivity index (χ1n) is 5.28. The molecule has 1 aliphatic heterocycles.